The van der Waals surface area contributed by atoms with E-state index >= 15 is 0 Å². The molecule has 0 aliphatic carbocycles. The van der Waals surface area contributed by atoms with Gasteiger partial charge in [-0.1, -0.05) is 6.07 Å². The number of benzene rings is 1. The summed E-state index contributed by atoms with van der Waals surface area (Å²) in [6, 6.07) is 7.82. The smallest absolute Gasteiger partial charge is 0.221 e. The van der Waals surface area contributed by atoms with Crippen LogP contribution in [0.25, 0.3) is 10.8 Å². The topological polar surface area (TPSA) is 51.2 Å². The summed E-state index contributed by atoms with van der Waals surface area (Å²) in [6.45, 7) is 0.532. The Labute approximate surface area is 93.3 Å². The van der Waals surface area contributed by atoms with Crippen molar-refractivity contribution in [3.05, 3.63) is 36.0 Å². The number of nitrogens with one attached hydrogen (secondary N) is 1. The largest absolute Gasteiger partial charge is 0.481 e. The summed E-state index contributed by atoms with van der Waals surface area (Å²) in [5.41, 5.74) is 1.05. The lowest BCUT2D eigenvalue weighted by molar-refractivity contribution is -0.109. The molecule has 2 rings (SSSR count). The molecule has 82 valence electrons. The monoisotopic (exact) mass is 216 g/mol. The van der Waals surface area contributed by atoms with E-state index in [1.165, 1.54) is 0 Å². The van der Waals surface area contributed by atoms with Crippen molar-refractivity contribution >= 4 is 17.2 Å². The number of rotatable bonds is 4. The molecule has 16 heavy (non-hydrogen) atoms. The Hall–Kier alpha value is -2.10. The quantitative estimate of drug-likeness (QED) is 0.788. The molecule has 0 radical (unpaired) electrons. The van der Waals surface area contributed by atoms with Gasteiger partial charge in [0.05, 0.1) is 7.11 Å². The fourth-order valence-corrected chi connectivity index (χ4v) is 1.63. The van der Waals surface area contributed by atoms with E-state index in [9.17, 15) is 4.79 Å². The second-order valence-electron chi connectivity index (χ2n) is 3.37. The highest BCUT2D eigenvalue weighted by Crippen LogP contribution is 2.23. The Balaban J connectivity index is 2.42. The van der Waals surface area contributed by atoms with Crippen LogP contribution in [-0.2, 0) is 11.3 Å². The summed E-state index contributed by atoms with van der Waals surface area (Å²) < 4.78 is 5.17. The van der Waals surface area contributed by atoms with Gasteiger partial charge in [-0.05, 0) is 29.1 Å². The molecule has 0 aliphatic heterocycles. The van der Waals surface area contributed by atoms with Gasteiger partial charge in [0, 0.05) is 18.1 Å². The number of nitrogens with zero attached hydrogens (tertiary/aromatic N) is 1. The highest BCUT2D eigenvalue weighted by atomic mass is 16.5. The van der Waals surface area contributed by atoms with Crippen molar-refractivity contribution in [3.8, 4) is 5.88 Å². The van der Waals surface area contributed by atoms with E-state index in [0.29, 0.717) is 18.8 Å². The molecule has 0 atom stereocenters. The van der Waals surface area contributed by atoms with Crippen LogP contribution in [0.3, 0.4) is 0 Å². The lowest BCUT2D eigenvalue weighted by atomic mass is 10.1. The first-order chi connectivity index (χ1) is 7.85. The molecule has 1 heterocycles. The number of aromatic nitrogens is 1. The summed E-state index contributed by atoms with van der Waals surface area (Å²) in [6.07, 6.45) is 2.40. The molecule has 1 N–H and O–H groups in total. The Morgan fingerprint density at radius 3 is 3.06 bits per heavy atom. The molecule has 4 heteroatoms. The minimum absolute atomic E-state index is 0.532. The van der Waals surface area contributed by atoms with Gasteiger partial charge in [0.15, 0.2) is 0 Å². The molecular weight excluding hydrogens is 204 g/mol. The fraction of sp³-hybridized carbons (Fsp3) is 0.167. The second-order valence-corrected chi connectivity index (χ2v) is 3.37. The maximum atomic E-state index is 10.2. The van der Waals surface area contributed by atoms with Gasteiger partial charge in [0.2, 0.25) is 12.3 Å². The third-order valence-electron chi connectivity index (χ3n) is 2.38. The SMILES string of the molecule is COc1nccc2cc(CNC=O)ccc12. The summed E-state index contributed by atoms with van der Waals surface area (Å²) >= 11 is 0. The number of amides is 1. The number of hydrogen-bond donors (Lipinski definition) is 1. The first kappa shape index (κ1) is 10.4. The van der Waals surface area contributed by atoms with E-state index < -0.39 is 0 Å². The minimum Gasteiger partial charge on any atom is -0.481 e. The van der Waals surface area contributed by atoms with Gasteiger partial charge in [-0.3, -0.25) is 4.79 Å². The Bertz CT molecular complexity index is 511. The van der Waals surface area contributed by atoms with Gasteiger partial charge in [-0.2, -0.15) is 0 Å². The van der Waals surface area contributed by atoms with Crippen LogP contribution >= 0.6 is 0 Å². The minimum atomic E-state index is 0.532. The van der Waals surface area contributed by atoms with E-state index in [0.717, 1.165) is 16.3 Å². The number of fused-ring (bicyclic) bond motifs is 1. The standard InChI is InChI=1S/C12H12N2O2/c1-16-12-11-3-2-9(7-13-8-15)6-10(11)4-5-14-12/h2-6,8H,7H2,1H3,(H,13,15). The van der Waals surface area contributed by atoms with Crippen LogP contribution in [0.15, 0.2) is 30.5 Å². The molecule has 0 saturated heterocycles. The first-order valence-corrected chi connectivity index (χ1v) is 4.94. The maximum Gasteiger partial charge on any atom is 0.221 e. The zero-order valence-electron chi connectivity index (χ0n) is 8.93. The number of carbonyl (C=O) groups excluding carboxylic acids is 1. The summed E-state index contributed by atoms with van der Waals surface area (Å²) in [4.78, 5) is 14.3. The van der Waals surface area contributed by atoms with Crippen LogP contribution in [0.2, 0.25) is 0 Å². The number of hydrogen-bond acceptors (Lipinski definition) is 3. The number of carbonyl (C=O) groups is 1. The van der Waals surface area contributed by atoms with Crippen molar-refractivity contribution in [2.75, 3.05) is 7.11 Å². The average Bonchev–Trinajstić information content (AvgIpc) is 2.35. The van der Waals surface area contributed by atoms with Gasteiger partial charge in [-0.25, -0.2) is 4.98 Å². The van der Waals surface area contributed by atoms with Crippen molar-refractivity contribution in [2.24, 2.45) is 0 Å². The summed E-state index contributed by atoms with van der Waals surface area (Å²) in [5, 5.41) is 4.66. The van der Waals surface area contributed by atoms with Crippen molar-refractivity contribution in [3.63, 3.8) is 0 Å². The molecular formula is C12H12N2O2. The van der Waals surface area contributed by atoms with Crippen molar-refractivity contribution < 1.29 is 9.53 Å². The highest BCUT2D eigenvalue weighted by molar-refractivity contribution is 5.87. The van der Waals surface area contributed by atoms with E-state index in [4.69, 9.17) is 4.74 Å². The molecule has 1 aromatic heterocycles. The van der Waals surface area contributed by atoms with E-state index in [1.54, 1.807) is 13.3 Å². The second kappa shape index (κ2) is 4.61. The lowest BCUT2D eigenvalue weighted by Crippen LogP contribution is -2.09. The Morgan fingerprint density at radius 1 is 1.44 bits per heavy atom. The molecule has 0 fully saturated rings. The molecule has 0 unspecified atom stereocenters. The zero-order chi connectivity index (χ0) is 11.4. The summed E-state index contributed by atoms with van der Waals surface area (Å²) in [5.74, 6) is 0.618. The predicted molar refractivity (Wildman–Crippen MR) is 61.2 cm³/mol. The van der Waals surface area contributed by atoms with Crippen LogP contribution in [0.5, 0.6) is 5.88 Å². The molecule has 4 nitrogen and oxygen atoms in total. The third-order valence-corrected chi connectivity index (χ3v) is 2.38. The van der Waals surface area contributed by atoms with Crippen LogP contribution < -0.4 is 10.1 Å². The van der Waals surface area contributed by atoms with Crippen molar-refractivity contribution in [1.29, 1.82) is 0 Å². The van der Waals surface area contributed by atoms with E-state index in [-0.39, 0.29) is 0 Å². The lowest BCUT2D eigenvalue weighted by Gasteiger charge is -2.06. The number of methoxy groups -OCH3 is 1. The molecule has 0 bridgehead atoms. The molecule has 0 saturated carbocycles. The van der Waals surface area contributed by atoms with Gasteiger partial charge in [0.1, 0.15) is 0 Å². The molecule has 1 aromatic carbocycles. The number of pyridine rings is 1. The zero-order valence-corrected chi connectivity index (χ0v) is 8.93. The third kappa shape index (κ3) is 1.95. The fourth-order valence-electron chi connectivity index (χ4n) is 1.63. The van der Waals surface area contributed by atoms with Crippen LogP contribution in [0.1, 0.15) is 5.56 Å². The first-order valence-electron chi connectivity index (χ1n) is 4.94. The number of ether oxygens (including phenoxy) is 1. The van der Waals surface area contributed by atoms with Crippen LogP contribution in [0.4, 0.5) is 0 Å². The molecule has 0 aliphatic rings. The van der Waals surface area contributed by atoms with Gasteiger partial charge < -0.3 is 10.1 Å². The molecule has 2 aromatic rings. The average molecular weight is 216 g/mol. The van der Waals surface area contributed by atoms with Crippen molar-refractivity contribution in [1.82, 2.24) is 10.3 Å². The molecule has 0 spiro atoms. The Kier molecular flexibility index (Phi) is 3.00. The van der Waals surface area contributed by atoms with Crippen LogP contribution in [-0.4, -0.2) is 18.5 Å². The van der Waals surface area contributed by atoms with Gasteiger partial charge in [0.25, 0.3) is 0 Å². The predicted octanol–water partition coefficient (Wildman–Crippen LogP) is 1.49. The molecule has 1 amide bonds. The summed E-state index contributed by atoms with van der Waals surface area (Å²) in [7, 11) is 1.60. The Morgan fingerprint density at radius 2 is 2.31 bits per heavy atom. The highest BCUT2D eigenvalue weighted by Gasteiger charge is 2.02. The van der Waals surface area contributed by atoms with Gasteiger partial charge >= 0.3 is 0 Å². The van der Waals surface area contributed by atoms with Gasteiger partial charge in [-0.15, -0.1) is 0 Å². The van der Waals surface area contributed by atoms with Crippen molar-refractivity contribution in [2.45, 2.75) is 6.54 Å². The normalized spacial score (nSPS) is 10.1. The maximum absolute atomic E-state index is 10.2. The van der Waals surface area contributed by atoms with E-state index in [1.807, 2.05) is 24.3 Å². The van der Waals surface area contributed by atoms with Crippen LogP contribution in [0, 0.1) is 0 Å². The van der Waals surface area contributed by atoms with E-state index in [2.05, 4.69) is 10.3 Å².